The van der Waals surface area contributed by atoms with Gasteiger partial charge in [0.25, 0.3) is 0 Å². The highest BCUT2D eigenvalue weighted by Gasteiger charge is 2.02. The number of benzene rings is 1. The lowest BCUT2D eigenvalue weighted by atomic mass is 10.2. The predicted octanol–water partition coefficient (Wildman–Crippen LogP) is 2.60. The Hall–Kier alpha value is -2.38. The zero-order chi connectivity index (χ0) is 15.6. The lowest BCUT2D eigenvalue weighted by molar-refractivity contribution is 0.212. The van der Waals surface area contributed by atoms with Gasteiger partial charge in [-0.15, -0.1) is 0 Å². The van der Waals surface area contributed by atoms with Crippen LogP contribution in [0.1, 0.15) is 25.1 Å². The molecule has 0 fully saturated rings. The van der Waals surface area contributed by atoms with Crippen molar-refractivity contribution in [1.29, 1.82) is 0 Å². The summed E-state index contributed by atoms with van der Waals surface area (Å²) in [5.74, 6) is 6.11. The van der Waals surface area contributed by atoms with Crippen LogP contribution in [-0.2, 0) is 0 Å². The SMILES string of the molecule is CCN(CC)CCOc1nccc(C#Cc2ccccc2)n1. The topological polar surface area (TPSA) is 38.2 Å². The summed E-state index contributed by atoms with van der Waals surface area (Å²) in [6.45, 7) is 7.76. The Bertz CT molecular complexity index is 628. The zero-order valence-corrected chi connectivity index (χ0v) is 13.1. The van der Waals surface area contributed by atoms with E-state index >= 15 is 0 Å². The first-order chi connectivity index (χ1) is 10.8. The number of likely N-dealkylation sites (N-methyl/N-ethyl adjacent to an activating group) is 1. The molecular weight excluding hydrogens is 274 g/mol. The molecule has 0 atom stereocenters. The molecule has 1 heterocycles. The summed E-state index contributed by atoms with van der Waals surface area (Å²) < 4.78 is 5.60. The number of rotatable bonds is 6. The highest BCUT2D eigenvalue weighted by atomic mass is 16.5. The molecule has 1 aromatic heterocycles. The Morgan fingerprint density at radius 1 is 1.05 bits per heavy atom. The van der Waals surface area contributed by atoms with Gasteiger partial charge in [0.2, 0.25) is 0 Å². The molecule has 0 unspecified atom stereocenters. The van der Waals surface area contributed by atoms with Gasteiger partial charge in [0.1, 0.15) is 12.3 Å². The van der Waals surface area contributed by atoms with Crippen molar-refractivity contribution in [2.75, 3.05) is 26.2 Å². The average Bonchev–Trinajstić information content (AvgIpc) is 2.58. The molecule has 0 N–H and O–H groups in total. The second-order valence-electron chi connectivity index (χ2n) is 4.72. The maximum Gasteiger partial charge on any atom is 0.317 e. The third-order valence-corrected chi connectivity index (χ3v) is 3.28. The molecule has 1 aromatic carbocycles. The Morgan fingerprint density at radius 3 is 2.55 bits per heavy atom. The minimum absolute atomic E-state index is 0.381. The number of nitrogens with zero attached hydrogens (tertiary/aromatic N) is 3. The Kier molecular flexibility index (Phi) is 6.40. The summed E-state index contributed by atoms with van der Waals surface area (Å²) in [5.41, 5.74) is 1.63. The summed E-state index contributed by atoms with van der Waals surface area (Å²) in [4.78, 5) is 10.7. The van der Waals surface area contributed by atoms with Crippen molar-refractivity contribution in [2.24, 2.45) is 0 Å². The molecule has 114 valence electrons. The first-order valence-electron chi connectivity index (χ1n) is 7.57. The van der Waals surface area contributed by atoms with Crippen LogP contribution in [0.5, 0.6) is 6.01 Å². The van der Waals surface area contributed by atoms with Crippen molar-refractivity contribution >= 4 is 0 Å². The fourth-order valence-corrected chi connectivity index (χ4v) is 1.94. The smallest absolute Gasteiger partial charge is 0.317 e. The van der Waals surface area contributed by atoms with Crippen molar-refractivity contribution in [2.45, 2.75) is 13.8 Å². The Labute approximate surface area is 132 Å². The minimum atomic E-state index is 0.381. The largest absolute Gasteiger partial charge is 0.462 e. The van der Waals surface area contributed by atoms with E-state index in [2.05, 4.69) is 40.6 Å². The van der Waals surface area contributed by atoms with Crippen LogP contribution in [0, 0.1) is 11.8 Å². The molecule has 0 aliphatic rings. The lowest BCUT2D eigenvalue weighted by Crippen LogP contribution is -2.28. The molecular formula is C18H21N3O. The molecule has 4 nitrogen and oxygen atoms in total. The molecule has 0 amide bonds. The fourth-order valence-electron chi connectivity index (χ4n) is 1.94. The first kappa shape index (κ1) is 16.0. The summed E-state index contributed by atoms with van der Waals surface area (Å²) >= 11 is 0. The maximum absolute atomic E-state index is 5.60. The van der Waals surface area contributed by atoms with E-state index < -0.39 is 0 Å². The number of hydrogen-bond donors (Lipinski definition) is 0. The number of aromatic nitrogens is 2. The summed E-state index contributed by atoms with van der Waals surface area (Å²) in [7, 11) is 0. The highest BCUT2D eigenvalue weighted by Crippen LogP contribution is 2.03. The number of ether oxygens (including phenoxy) is 1. The second-order valence-corrected chi connectivity index (χ2v) is 4.72. The fraction of sp³-hybridized carbons (Fsp3) is 0.333. The third-order valence-electron chi connectivity index (χ3n) is 3.28. The van der Waals surface area contributed by atoms with E-state index in [1.807, 2.05) is 30.3 Å². The Morgan fingerprint density at radius 2 is 1.82 bits per heavy atom. The average molecular weight is 295 g/mol. The van der Waals surface area contributed by atoms with Gasteiger partial charge < -0.3 is 9.64 Å². The molecule has 2 aromatic rings. The van der Waals surface area contributed by atoms with E-state index in [1.54, 1.807) is 12.3 Å². The van der Waals surface area contributed by atoms with E-state index in [4.69, 9.17) is 4.74 Å². The van der Waals surface area contributed by atoms with Gasteiger partial charge in [-0.2, -0.15) is 4.98 Å². The Balaban J connectivity index is 1.94. The quantitative estimate of drug-likeness (QED) is 0.768. The summed E-state index contributed by atoms with van der Waals surface area (Å²) in [5, 5.41) is 0. The second kappa shape index (κ2) is 8.81. The van der Waals surface area contributed by atoms with Gasteiger partial charge >= 0.3 is 6.01 Å². The molecule has 4 heteroatoms. The highest BCUT2D eigenvalue weighted by molar-refractivity contribution is 5.39. The van der Waals surface area contributed by atoms with Crippen LogP contribution >= 0.6 is 0 Å². The number of hydrogen-bond acceptors (Lipinski definition) is 4. The van der Waals surface area contributed by atoms with Crippen molar-refractivity contribution in [3.8, 4) is 17.9 Å². The van der Waals surface area contributed by atoms with Crippen LogP contribution in [0.2, 0.25) is 0 Å². The van der Waals surface area contributed by atoms with Gasteiger partial charge in [-0.3, -0.25) is 0 Å². The van der Waals surface area contributed by atoms with Crippen LogP contribution < -0.4 is 4.74 Å². The molecule has 0 saturated carbocycles. The normalized spacial score (nSPS) is 10.1. The van der Waals surface area contributed by atoms with Crippen LogP contribution in [0.25, 0.3) is 0 Å². The van der Waals surface area contributed by atoms with Gasteiger partial charge in [0, 0.05) is 18.3 Å². The first-order valence-corrected chi connectivity index (χ1v) is 7.57. The molecule has 0 bridgehead atoms. The van der Waals surface area contributed by atoms with Crippen LogP contribution in [0.4, 0.5) is 0 Å². The van der Waals surface area contributed by atoms with Gasteiger partial charge in [-0.1, -0.05) is 38.0 Å². The van der Waals surface area contributed by atoms with Gasteiger partial charge in [0.15, 0.2) is 0 Å². The van der Waals surface area contributed by atoms with Crippen molar-refractivity contribution in [1.82, 2.24) is 14.9 Å². The van der Waals surface area contributed by atoms with E-state index in [-0.39, 0.29) is 0 Å². The third kappa shape index (κ3) is 5.19. The van der Waals surface area contributed by atoms with Gasteiger partial charge in [0.05, 0.1) is 0 Å². The van der Waals surface area contributed by atoms with Gasteiger partial charge in [-0.25, -0.2) is 4.98 Å². The van der Waals surface area contributed by atoms with Crippen molar-refractivity contribution in [3.63, 3.8) is 0 Å². The molecule has 22 heavy (non-hydrogen) atoms. The van der Waals surface area contributed by atoms with Crippen molar-refractivity contribution < 1.29 is 4.74 Å². The van der Waals surface area contributed by atoms with Crippen LogP contribution in [0.15, 0.2) is 42.6 Å². The van der Waals surface area contributed by atoms with Crippen molar-refractivity contribution in [3.05, 3.63) is 53.9 Å². The summed E-state index contributed by atoms with van der Waals surface area (Å²) in [6, 6.07) is 12.0. The predicted molar refractivity (Wildman–Crippen MR) is 87.7 cm³/mol. The molecule has 0 radical (unpaired) electrons. The van der Waals surface area contributed by atoms with Gasteiger partial charge in [-0.05, 0) is 37.2 Å². The molecule has 0 aliphatic heterocycles. The zero-order valence-electron chi connectivity index (χ0n) is 13.1. The molecule has 2 rings (SSSR count). The van der Waals surface area contributed by atoms with Crippen LogP contribution in [0.3, 0.4) is 0 Å². The van der Waals surface area contributed by atoms with E-state index in [1.165, 1.54) is 0 Å². The van der Waals surface area contributed by atoms with E-state index in [0.29, 0.717) is 18.3 Å². The van der Waals surface area contributed by atoms with Crippen LogP contribution in [-0.4, -0.2) is 41.1 Å². The molecule has 0 saturated heterocycles. The van der Waals surface area contributed by atoms with E-state index in [9.17, 15) is 0 Å². The standard InChI is InChI=1S/C18H21N3O/c1-3-21(4-2)14-15-22-18-19-13-12-17(20-18)11-10-16-8-6-5-7-9-16/h5-9,12-13H,3-4,14-15H2,1-2H3. The monoisotopic (exact) mass is 295 g/mol. The lowest BCUT2D eigenvalue weighted by Gasteiger charge is -2.17. The van der Waals surface area contributed by atoms with E-state index in [0.717, 1.165) is 25.2 Å². The molecule has 0 spiro atoms. The minimum Gasteiger partial charge on any atom is -0.462 e. The maximum atomic E-state index is 5.60. The molecule has 0 aliphatic carbocycles. The summed E-state index contributed by atoms with van der Waals surface area (Å²) in [6.07, 6.45) is 1.68.